The number of aliphatic carboxylic acids is 1. The second-order valence-electron chi connectivity index (χ2n) is 6.32. The number of carboxylic acid groups (broad SMARTS) is 1. The van der Waals surface area contributed by atoms with E-state index in [-0.39, 0.29) is 11.7 Å². The molecule has 2 fully saturated rings. The monoisotopic (exact) mass is 335 g/mol. The van der Waals surface area contributed by atoms with Crippen LogP contribution in [0.25, 0.3) is 0 Å². The van der Waals surface area contributed by atoms with Crippen molar-refractivity contribution in [3.63, 3.8) is 0 Å². The second kappa shape index (κ2) is 6.87. The summed E-state index contributed by atoms with van der Waals surface area (Å²) < 4.78 is 22.1. The van der Waals surface area contributed by atoms with Gasteiger partial charge in [0, 0.05) is 18.1 Å². The maximum Gasteiger partial charge on any atom is 0.324 e. The zero-order valence-corrected chi connectivity index (χ0v) is 14.1. The molecule has 0 aromatic heterocycles. The molecule has 2 aliphatic carbocycles. The Morgan fingerprint density at radius 3 is 2.62 bits per heavy atom. The largest absolute Gasteiger partial charge is 0.480 e. The fourth-order valence-electron chi connectivity index (χ4n) is 3.13. The summed E-state index contributed by atoms with van der Waals surface area (Å²) in [5.74, 6) is 1.09. The van der Waals surface area contributed by atoms with Gasteiger partial charge in [-0.05, 0) is 43.8 Å². The minimum Gasteiger partial charge on any atom is -0.480 e. The highest BCUT2D eigenvalue weighted by Crippen LogP contribution is 2.41. The molecule has 0 amide bonds. The lowest BCUT2D eigenvalue weighted by Crippen LogP contribution is -2.55. The summed E-state index contributed by atoms with van der Waals surface area (Å²) in [7, 11) is -2.89. The number of carbonyl (C=O) groups is 1. The van der Waals surface area contributed by atoms with Gasteiger partial charge in [-0.2, -0.15) is 11.8 Å². The Labute approximate surface area is 131 Å². The first-order chi connectivity index (χ1) is 9.83. The van der Waals surface area contributed by atoms with E-state index < -0.39 is 21.3 Å². The van der Waals surface area contributed by atoms with Crippen molar-refractivity contribution in [1.29, 1.82) is 0 Å². The Hall–Kier alpha value is -0.270. The van der Waals surface area contributed by atoms with Gasteiger partial charge in [0.15, 0.2) is 0 Å². The molecule has 0 aromatic rings. The average Bonchev–Trinajstić information content (AvgIpc) is 3.08. The molecule has 2 saturated carbocycles. The smallest absolute Gasteiger partial charge is 0.324 e. The Morgan fingerprint density at radius 1 is 1.33 bits per heavy atom. The zero-order valence-electron chi connectivity index (χ0n) is 12.5. The minimum absolute atomic E-state index is 0.168. The summed E-state index contributed by atoms with van der Waals surface area (Å²) in [6.45, 7) is 0. The predicted molar refractivity (Wildman–Crippen MR) is 85.5 cm³/mol. The van der Waals surface area contributed by atoms with Crippen LogP contribution in [0, 0.1) is 5.92 Å². The quantitative estimate of drug-likeness (QED) is 0.622. The van der Waals surface area contributed by atoms with E-state index in [1.807, 2.05) is 0 Å². The molecule has 7 heteroatoms. The summed E-state index contributed by atoms with van der Waals surface area (Å²) in [5, 5.41) is 13.0. The topological polar surface area (TPSA) is 83.5 Å². The molecule has 122 valence electrons. The van der Waals surface area contributed by atoms with E-state index in [0.717, 1.165) is 44.3 Å². The van der Waals surface area contributed by atoms with Crippen molar-refractivity contribution < 1.29 is 18.3 Å². The lowest BCUT2D eigenvalue weighted by molar-refractivity contribution is -0.146. The van der Waals surface area contributed by atoms with Crippen LogP contribution in [0.5, 0.6) is 0 Å². The summed E-state index contributed by atoms with van der Waals surface area (Å²) in [5.41, 5.74) is -0.738. The summed E-state index contributed by atoms with van der Waals surface area (Å²) in [6, 6.07) is 0.389. The molecule has 0 radical (unpaired) electrons. The number of carboxylic acids is 1. The van der Waals surface area contributed by atoms with Crippen LogP contribution in [0.3, 0.4) is 0 Å². The van der Waals surface area contributed by atoms with Crippen molar-refractivity contribution in [3.05, 3.63) is 0 Å². The highest BCUT2D eigenvalue weighted by atomic mass is 32.2. The van der Waals surface area contributed by atoms with E-state index in [2.05, 4.69) is 5.32 Å². The van der Waals surface area contributed by atoms with Crippen LogP contribution < -0.4 is 5.32 Å². The van der Waals surface area contributed by atoms with Gasteiger partial charge in [0.1, 0.15) is 15.4 Å². The Bertz CT molecular complexity index is 475. The molecule has 0 aromatic carbocycles. The Balaban J connectivity index is 1.81. The molecule has 0 saturated heterocycles. The van der Waals surface area contributed by atoms with Crippen molar-refractivity contribution in [3.8, 4) is 0 Å². The molecule has 2 unspecified atom stereocenters. The van der Waals surface area contributed by atoms with Crippen molar-refractivity contribution in [1.82, 2.24) is 5.32 Å². The van der Waals surface area contributed by atoms with Crippen LogP contribution in [-0.2, 0) is 14.6 Å². The van der Waals surface area contributed by atoms with Crippen LogP contribution in [0.2, 0.25) is 0 Å². The fraction of sp³-hybridized carbons (Fsp3) is 0.929. The highest BCUT2D eigenvalue weighted by Gasteiger charge is 2.50. The third-order valence-corrected chi connectivity index (χ3v) is 6.67. The number of hydrogen-bond acceptors (Lipinski definition) is 5. The molecule has 0 spiro atoms. The maximum absolute atomic E-state index is 11.8. The predicted octanol–water partition coefficient (Wildman–Crippen LogP) is 1.53. The third-order valence-electron chi connectivity index (χ3n) is 4.45. The molecule has 0 aliphatic heterocycles. The van der Waals surface area contributed by atoms with Crippen LogP contribution in [-0.4, -0.2) is 54.6 Å². The van der Waals surface area contributed by atoms with Crippen molar-refractivity contribution in [2.45, 2.75) is 50.1 Å². The van der Waals surface area contributed by atoms with Crippen LogP contribution in [0.4, 0.5) is 0 Å². The number of sulfone groups is 1. The highest BCUT2D eigenvalue weighted by molar-refractivity contribution is 8.00. The summed E-state index contributed by atoms with van der Waals surface area (Å²) in [4.78, 5) is 11.8. The number of nitrogens with one attached hydrogen (secondary N) is 1. The van der Waals surface area contributed by atoms with Gasteiger partial charge < -0.3 is 5.11 Å². The van der Waals surface area contributed by atoms with E-state index >= 15 is 0 Å². The molecule has 0 heterocycles. The second-order valence-corrected chi connectivity index (χ2v) is 9.80. The molecule has 2 atom stereocenters. The molecular formula is C14H25NO4S2. The van der Waals surface area contributed by atoms with E-state index in [9.17, 15) is 18.3 Å². The molecule has 5 nitrogen and oxygen atoms in total. The van der Waals surface area contributed by atoms with Crippen molar-refractivity contribution in [2.75, 3.05) is 23.5 Å². The molecule has 2 rings (SSSR count). The number of thioether (sulfide) groups is 1. The first-order valence-electron chi connectivity index (χ1n) is 7.60. The van der Waals surface area contributed by atoms with Gasteiger partial charge >= 0.3 is 5.97 Å². The first-order valence-corrected chi connectivity index (χ1v) is 10.8. The van der Waals surface area contributed by atoms with Crippen molar-refractivity contribution >= 4 is 27.6 Å². The van der Waals surface area contributed by atoms with Gasteiger partial charge in [-0.3, -0.25) is 10.1 Å². The lowest BCUT2D eigenvalue weighted by atomic mass is 9.85. The zero-order chi connectivity index (χ0) is 15.5. The van der Waals surface area contributed by atoms with E-state index in [4.69, 9.17) is 0 Å². The Kier molecular flexibility index (Phi) is 5.59. The Morgan fingerprint density at radius 2 is 2.05 bits per heavy atom. The van der Waals surface area contributed by atoms with Gasteiger partial charge in [0.2, 0.25) is 0 Å². The summed E-state index contributed by atoms with van der Waals surface area (Å²) >= 11 is 1.61. The average molecular weight is 335 g/mol. The van der Waals surface area contributed by atoms with Crippen molar-refractivity contribution in [2.24, 2.45) is 5.92 Å². The van der Waals surface area contributed by atoms with Gasteiger partial charge in [0.25, 0.3) is 0 Å². The van der Waals surface area contributed by atoms with E-state index in [1.165, 1.54) is 6.26 Å². The lowest BCUT2D eigenvalue weighted by Gasteiger charge is -2.32. The van der Waals surface area contributed by atoms with Gasteiger partial charge in [0.05, 0.1) is 5.75 Å². The van der Waals surface area contributed by atoms with Gasteiger partial charge in [-0.1, -0.05) is 6.42 Å². The summed E-state index contributed by atoms with van der Waals surface area (Å²) in [6.07, 6.45) is 6.91. The molecule has 2 aliphatic rings. The maximum atomic E-state index is 11.8. The standard InChI is InChI=1S/C14H25NO4S2/c1-21(18,19)10-9-20-8-6-11-3-2-7-14(11,13(16)17)15-12-4-5-12/h11-12,15H,2-10H2,1H3,(H,16,17). The number of rotatable bonds is 9. The third kappa shape index (κ3) is 4.86. The van der Waals surface area contributed by atoms with E-state index in [0.29, 0.717) is 11.8 Å². The van der Waals surface area contributed by atoms with Gasteiger partial charge in [-0.15, -0.1) is 0 Å². The van der Waals surface area contributed by atoms with E-state index in [1.54, 1.807) is 11.8 Å². The van der Waals surface area contributed by atoms with Crippen LogP contribution in [0.15, 0.2) is 0 Å². The van der Waals surface area contributed by atoms with Crippen LogP contribution >= 0.6 is 11.8 Å². The number of hydrogen-bond donors (Lipinski definition) is 2. The first kappa shape index (κ1) is 17.1. The van der Waals surface area contributed by atoms with Crippen LogP contribution in [0.1, 0.15) is 38.5 Å². The normalized spacial score (nSPS) is 29.7. The minimum atomic E-state index is -2.89. The molecule has 0 bridgehead atoms. The SMILES string of the molecule is CS(=O)(=O)CCSCCC1CCCC1(NC1CC1)C(=O)O. The fourth-order valence-corrected chi connectivity index (χ4v) is 5.47. The molecular weight excluding hydrogens is 310 g/mol. The molecule has 2 N–H and O–H groups in total. The van der Waals surface area contributed by atoms with Gasteiger partial charge in [-0.25, -0.2) is 8.42 Å². The molecule has 21 heavy (non-hydrogen) atoms.